The minimum Gasteiger partial charge on any atom is -0.491 e. The molecule has 1 heterocycles. The number of carbonyl (C=O) groups is 2. The van der Waals surface area contributed by atoms with Crippen molar-refractivity contribution in [2.24, 2.45) is 5.92 Å². The van der Waals surface area contributed by atoms with Crippen molar-refractivity contribution in [2.45, 2.75) is 32.8 Å². The first-order valence-electron chi connectivity index (χ1n) is 10.7. The van der Waals surface area contributed by atoms with Gasteiger partial charge in [-0.05, 0) is 55.8 Å². The molecule has 2 aromatic carbocycles. The Morgan fingerprint density at radius 2 is 1.70 bits per heavy atom. The van der Waals surface area contributed by atoms with E-state index in [4.69, 9.17) is 16.3 Å². The lowest BCUT2D eigenvalue weighted by Gasteiger charge is -2.42. The maximum atomic E-state index is 13.3. The summed E-state index contributed by atoms with van der Waals surface area (Å²) < 4.78 is 5.65. The summed E-state index contributed by atoms with van der Waals surface area (Å²) in [4.78, 5) is 28.5. The Labute approximate surface area is 197 Å². The van der Waals surface area contributed by atoms with Crippen LogP contribution >= 0.6 is 11.6 Å². The van der Waals surface area contributed by atoms with E-state index >= 15 is 0 Å². The van der Waals surface area contributed by atoms with Crippen molar-refractivity contribution in [3.8, 4) is 5.75 Å². The number of hydrogen-bond acceptors (Lipinski definition) is 6. The summed E-state index contributed by atoms with van der Waals surface area (Å²) in [7, 11) is 0. The smallest absolute Gasteiger partial charge is 0.331 e. The predicted molar refractivity (Wildman–Crippen MR) is 125 cm³/mol. The number of urea groups is 2. The lowest BCUT2D eigenvalue weighted by Crippen LogP contribution is -2.67. The highest BCUT2D eigenvalue weighted by Gasteiger charge is 2.39. The number of halogens is 1. The van der Waals surface area contributed by atoms with Crippen LogP contribution in [0.15, 0.2) is 48.5 Å². The summed E-state index contributed by atoms with van der Waals surface area (Å²) in [6, 6.07) is 13.1. The van der Waals surface area contributed by atoms with Gasteiger partial charge in [-0.25, -0.2) is 14.5 Å². The number of amides is 4. The maximum absolute atomic E-state index is 13.3. The summed E-state index contributed by atoms with van der Waals surface area (Å²) in [6.07, 6.45) is -0.780. The highest BCUT2D eigenvalue weighted by molar-refractivity contribution is 6.30. The number of nitrogens with zero attached hydrogens (tertiary/aromatic N) is 2. The van der Waals surface area contributed by atoms with Crippen LogP contribution in [-0.2, 0) is 6.54 Å². The zero-order valence-corrected chi connectivity index (χ0v) is 19.3. The Balaban J connectivity index is 1.82. The molecule has 1 aliphatic rings. The summed E-state index contributed by atoms with van der Waals surface area (Å²) in [6.45, 7) is 3.26. The quantitative estimate of drug-likeness (QED) is 0.419. The van der Waals surface area contributed by atoms with Gasteiger partial charge in [0.05, 0.1) is 12.6 Å². The lowest BCUT2D eigenvalue weighted by atomic mass is 10.1. The highest BCUT2D eigenvalue weighted by atomic mass is 35.5. The lowest BCUT2D eigenvalue weighted by molar-refractivity contribution is 0.0826. The average Bonchev–Trinajstić information content (AvgIpc) is 2.79. The second-order valence-corrected chi connectivity index (χ2v) is 8.50. The molecule has 1 unspecified atom stereocenters. The number of carbonyl (C=O) groups excluding carboxylic acids is 2. The van der Waals surface area contributed by atoms with E-state index in [0.717, 1.165) is 10.5 Å². The average molecular weight is 477 g/mol. The number of aliphatic hydroxyl groups is 2. The van der Waals surface area contributed by atoms with Crippen molar-refractivity contribution >= 4 is 29.4 Å². The van der Waals surface area contributed by atoms with Crippen molar-refractivity contribution in [2.75, 3.05) is 25.1 Å². The van der Waals surface area contributed by atoms with Crippen LogP contribution in [0.3, 0.4) is 0 Å². The molecule has 178 valence electrons. The fraction of sp³-hybridized carbons (Fsp3) is 0.391. The largest absolute Gasteiger partial charge is 0.491 e. The molecule has 0 aliphatic carbocycles. The maximum Gasteiger partial charge on any atom is 0.331 e. The zero-order chi connectivity index (χ0) is 24.0. The molecular formula is C23H29ClN4O5. The normalized spacial score (nSPS) is 16.4. The SMILES string of the molecule is CC(C)Oc1ccc(NC2NC(=O)N(CC(CO)CO)C(=O)N2Cc2ccc(Cl)cc2)cc1. The van der Waals surface area contributed by atoms with Crippen LogP contribution < -0.4 is 15.4 Å². The van der Waals surface area contributed by atoms with Crippen molar-refractivity contribution in [1.29, 1.82) is 0 Å². The van der Waals surface area contributed by atoms with Crippen molar-refractivity contribution in [3.05, 3.63) is 59.1 Å². The van der Waals surface area contributed by atoms with Crippen molar-refractivity contribution < 1.29 is 24.5 Å². The molecule has 0 saturated carbocycles. The van der Waals surface area contributed by atoms with E-state index in [2.05, 4.69) is 10.6 Å². The number of benzene rings is 2. The summed E-state index contributed by atoms with van der Waals surface area (Å²) in [5.74, 6) is 0.0812. The van der Waals surface area contributed by atoms with Gasteiger partial charge in [0.25, 0.3) is 0 Å². The zero-order valence-electron chi connectivity index (χ0n) is 18.6. The van der Waals surface area contributed by atoms with Gasteiger partial charge >= 0.3 is 12.1 Å². The molecule has 33 heavy (non-hydrogen) atoms. The van der Waals surface area contributed by atoms with Gasteiger partial charge in [-0.2, -0.15) is 0 Å². The molecule has 0 radical (unpaired) electrons. The van der Waals surface area contributed by atoms with Crippen LogP contribution in [-0.4, -0.2) is 64.2 Å². The molecule has 2 aromatic rings. The van der Waals surface area contributed by atoms with Crippen LogP contribution in [0, 0.1) is 5.92 Å². The first-order chi connectivity index (χ1) is 15.8. The van der Waals surface area contributed by atoms with Gasteiger partial charge in [0.2, 0.25) is 0 Å². The van der Waals surface area contributed by atoms with E-state index < -0.39 is 24.3 Å². The fourth-order valence-corrected chi connectivity index (χ4v) is 3.46. The standard InChI is InChI=1S/C23H29ClN4O5/c1-15(2)33-20-9-7-19(8-10-20)25-21-26-22(31)28(12-17(13-29)14-30)23(32)27(21)11-16-3-5-18(24)6-4-16/h3-10,15,17,21,25,29-30H,11-14H2,1-2H3,(H,26,31). The Morgan fingerprint density at radius 3 is 2.27 bits per heavy atom. The number of rotatable bonds is 10. The van der Waals surface area contributed by atoms with Crippen LogP contribution in [0.2, 0.25) is 5.02 Å². The molecule has 1 aliphatic heterocycles. The second-order valence-electron chi connectivity index (χ2n) is 8.07. The Kier molecular flexibility index (Phi) is 8.37. The number of anilines is 1. The van der Waals surface area contributed by atoms with E-state index in [1.165, 1.54) is 4.90 Å². The van der Waals surface area contributed by atoms with E-state index in [-0.39, 0.29) is 32.4 Å². The number of aliphatic hydroxyl groups excluding tert-OH is 2. The Morgan fingerprint density at radius 1 is 1.06 bits per heavy atom. The number of imide groups is 1. The molecule has 1 atom stereocenters. The van der Waals surface area contributed by atoms with Gasteiger partial charge in [-0.3, -0.25) is 10.2 Å². The molecule has 9 nitrogen and oxygen atoms in total. The summed E-state index contributed by atoms with van der Waals surface area (Å²) >= 11 is 5.98. The van der Waals surface area contributed by atoms with E-state index in [1.807, 2.05) is 13.8 Å². The van der Waals surface area contributed by atoms with Crippen LogP contribution in [0.4, 0.5) is 15.3 Å². The molecule has 1 saturated heterocycles. The molecule has 0 aromatic heterocycles. The topological polar surface area (TPSA) is 114 Å². The molecule has 3 rings (SSSR count). The predicted octanol–water partition coefficient (Wildman–Crippen LogP) is 3.07. The number of hydrogen-bond donors (Lipinski definition) is 4. The van der Waals surface area contributed by atoms with E-state index in [1.54, 1.807) is 48.5 Å². The molecule has 0 spiro atoms. The molecule has 0 bridgehead atoms. The molecule has 10 heteroatoms. The van der Waals surface area contributed by atoms with Gasteiger partial charge in [0.1, 0.15) is 5.75 Å². The highest BCUT2D eigenvalue weighted by Crippen LogP contribution is 2.22. The molecule has 4 amide bonds. The van der Waals surface area contributed by atoms with Gasteiger partial charge in [-0.15, -0.1) is 0 Å². The van der Waals surface area contributed by atoms with E-state index in [9.17, 15) is 19.8 Å². The molecule has 4 N–H and O–H groups in total. The summed E-state index contributed by atoms with van der Waals surface area (Å²) in [5.41, 5.74) is 1.50. The van der Waals surface area contributed by atoms with Gasteiger partial charge < -0.3 is 20.3 Å². The third-order valence-corrected chi connectivity index (χ3v) is 5.30. The fourth-order valence-electron chi connectivity index (χ4n) is 3.34. The molecular weight excluding hydrogens is 448 g/mol. The minimum absolute atomic E-state index is 0.0431. The third kappa shape index (κ3) is 6.50. The Bertz CT molecular complexity index is 935. The molecule has 1 fully saturated rings. The van der Waals surface area contributed by atoms with Crippen molar-refractivity contribution in [1.82, 2.24) is 15.1 Å². The first-order valence-corrected chi connectivity index (χ1v) is 11.1. The number of ether oxygens (including phenoxy) is 1. The second kappa shape index (κ2) is 11.2. The van der Waals surface area contributed by atoms with Crippen molar-refractivity contribution in [3.63, 3.8) is 0 Å². The number of nitrogens with one attached hydrogen (secondary N) is 2. The van der Waals surface area contributed by atoms with E-state index in [0.29, 0.717) is 16.5 Å². The van der Waals surface area contributed by atoms with Gasteiger partial charge in [0, 0.05) is 36.4 Å². The van der Waals surface area contributed by atoms with Crippen LogP contribution in [0.5, 0.6) is 5.75 Å². The van der Waals surface area contributed by atoms with Gasteiger partial charge in [-0.1, -0.05) is 23.7 Å². The summed E-state index contributed by atoms with van der Waals surface area (Å²) in [5, 5.41) is 25.3. The van der Waals surface area contributed by atoms with Gasteiger partial charge in [0.15, 0.2) is 6.29 Å². The monoisotopic (exact) mass is 476 g/mol. The first kappa shape index (κ1) is 24.6. The Hall–Kier alpha value is -3.01. The minimum atomic E-state index is -0.824. The van der Waals surface area contributed by atoms with Crippen LogP contribution in [0.1, 0.15) is 19.4 Å². The van der Waals surface area contributed by atoms with Crippen LogP contribution in [0.25, 0.3) is 0 Å². The third-order valence-electron chi connectivity index (χ3n) is 5.05.